The number of alkyl halides is 2. The summed E-state index contributed by atoms with van der Waals surface area (Å²) in [6.45, 7) is 3.30. The number of hydrogen-bond acceptors (Lipinski definition) is 6. The Hall–Kier alpha value is -2.15. The van der Waals surface area contributed by atoms with E-state index in [9.17, 15) is 23.1 Å². The maximum atomic E-state index is 15.1. The van der Waals surface area contributed by atoms with Crippen LogP contribution < -0.4 is 11.5 Å². The Morgan fingerprint density at radius 2 is 1.62 bits per heavy atom. The van der Waals surface area contributed by atoms with Crippen molar-refractivity contribution in [1.29, 1.82) is 0 Å². The molecule has 0 saturated carbocycles. The third-order valence-electron chi connectivity index (χ3n) is 6.90. The molecule has 1 aromatic carbocycles. The van der Waals surface area contributed by atoms with Crippen molar-refractivity contribution in [2.75, 3.05) is 26.2 Å². The van der Waals surface area contributed by atoms with E-state index < -0.39 is 39.2 Å². The summed E-state index contributed by atoms with van der Waals surface area (Å²) in [5, 5.41) is 5.53. The van der Waals surface area contributed by atoms with Crippen LogP contribution in [-0.2, 0) is 21.2 Å². The Morgan fingerprint density at radius 3 is 2.09 bits per heavy atom. The predicted octanol–water partition coefficient (Wildman–Crippen LogP) is 0.644. The molecule has 2 aliphatic heterocycles. The van der Waals surface area contributed by atoms with Crippen LogP contribution in [-0.4, -0.2) is 77.6 Å². The van der Waals surface area contributed by atoms with Crippen LogP contribution in [0.3, 0.4) is 0 Å². The zero-order chi connectivity index (χ0) is 25.5. The standard InChI is InChI=1S/C22H32F2N4O5S/c1-14-11-16(19(30)27-7-3-17(29)4-8-27)12-15(2)18(14)13-22(23,24)34(32,33)28-9-5-21(26,6-10-28)20(25)31/h11-12,17,29H,3-10,13,26H2,1-2H3,(H2,25,31). The maximum absolute atomic E-state index is 15.1. The first-order valence-electron chi connectivity index (χ1n) is 11.2. The van der Waals surface area contributed by atoms with Gasteiger partial charge in [-0.2, -0.15) is 13.1 Å². The minimum Gasteiger partial charge on any atom is -0.393 e. The Bertz CT molecular complexity index is 1040. The van der Waals surface area contributed by atoms with E-state index in [-0.39, 0.29) is 37.4 Å². The minimum atomic E-state index is -5.02. The number of rotatable bonds is 6. The second-order valence-corrected chi connectivity index (χ2v) is 11.4. The molecule has 2 amide bonds. The molecule has 34 heavy (non-hydrogen) atoms. The molecule has 2 fully saturated rings. The van der Waals surface area contributed by atoms with Gasteiger partial charge in [-0.15, -0.1) is 0 Å². The van der Waals surface area contributed by atoms with Crippen LogP contribution in [0.2, 0.25) is 0 Å². The smallest absolute Gasteiger partial charge is 0.363 e. The molecule has 0 unspecified atom stereocenters. The van der Waals surface area contributed by atoms with Gasteiger partial charge in [-0.05, 0) is 68.4 Å². The summed E-state index contributed by atoms with van der Waals surface area (Å²) in [7, 11) is -5.02. The summed E-state index contributed by atoms with van der Waals surface area (Å²) in [4.78, 5) is 25.9. The molecule has 0 atom stereocenters. The van der Waals surface area contributed by atoms with E-state index in [1.54, 1.807) is 18.7 Å². The number of aryl methyl sites for hydroxylation is 2. The Morgan fingerprint density at radius 1 is 1.12 bits per heavy atom. The summed E-state index contributed by atoms with van der Waals surface area (Å²) in [6.07, 6.45) is -0.798. The summed E-state index contributed by atoms with van der Waals surface area (Å²) < 4.78 is 56.4. The van der Waals surface area contributed by atoms with Gasteiger partial charge in [0, 0.05) is 31.7 Å². The number of sulfonamides is 1. The third-order valence-corrected chi connectivity index (χ3v) is 8.84. The predicted molar refractivity (Wildman–Crippen MR) is 122 cm³/mol. The van der Waals surface area contributed by atoms with Crippen molar-refractivity contribution in [1.82, 2.24) is 9.21 Å². The number of likely N-dealkylation sites (tertiary alicyclic amines) is 1. The van der Waals surface area contributed by atoms with E-state index in [1.807, 2.05) is 0 Å². The van der Waals surface area contributed by atoms with Crippen LogP contribution >= 0.6 is 0 Å². The van der Waals surface area contributed by atoms with Gasteiger partial charge in [-0.3, -0.25) is 9.59 Å². The highest BCUT2D eigenvalue weighted by molar-refractivity contribution is 7.90. The molecule has 190 valence electrons. The number of primary amides is 1. The number of aliphatic hydroxyl groups is 1. The molecule has 3 rings (SSSR count). The lowest BCUT2D eigenvalue weighted by molar-refractivity contribution is -0.124. The highest BCUT2D eigenvalue weighted by Gasteiger charge is 2.51. The second-order valence-electron chi connectivity index (χ2n) is 9.35. The molecule has 2 aliphatic rings. The molecule has 0 radical (unpaired) electrons. The maximum Gasteiger partial charge on any atom is 0.363 e. The third kappa shape index (κ3) is 5.09. The van der Waals surface area contributed by atoms with Gasteiger partial charge in [0.25, 0.3) is 15.9 Å². The van der Waals surface area contributed by atoms with Crippen LogP contribution in [0.25, 0.3) is 0 Å². The molecule has 2 heterocycles. The lowest BCUT2D eigenvalue weighted by Crippen LogP contribution is -2.60. The molecule has 0 spiro atoms. The number of nitrogens with zero attached hydrogens (tertiary/aromatic N) is 2. The Kier molecular flexibility index (Phi) is 7.38. The van der Waals surface area contributed by atoms with Crippen molar-refractivity contribution in [2.45, 2.75) is 62.8 Å². The molecule has 0 aliphatic carbocycles. The molecule has 5 N–H and O–H groups in total. The van der Waals surface area contributed by atoms with Crippen molar-refractivity contribution < 1.29 is 31.9 Å². The molecular weight excluding hydrogens is 470 g/mol. The van der Waals surface area contributed by atoms with E-state index in [4.69, 9.17) is 11.5 Å². The van der Waals surface area contributed by atoms with Gasteiger partial charge in [0.05, 0.1) is 18.1 Å². The van der Waals surface area contributed by atoms with Gasteiger partial charge >= 0.3 is 5.25 Å². The first-order valence-corrected chi connectivity index (χ1v) is 12.7. The molecule has 12 heteroatoms. The van der Waals surface area contributed by atoms with Crippen molar-refractivity contribution in [2.24, 2.45) is 11.5 Å². The minimum absolute atomic E-state index is 0.139. The van der Waals surface area contributed by atoms with E-state index in [0.717, 1.165) is 0 Å². The number of carbonyl (C=O) groups is 2. The van der Waals surface area contributed by atoms with E-state index in [2.05, 4.69) is 0 Å². The van der Waals surface area contributed by atoms with E-state index in [1.165, 1.54) is 12.1 Å². The summed E-state index contributed by atoms with van der Waals surface area (Å²) in [5.74, 6) is -1.05. The number of aliphatic hydroxyl groups excluding tert-OH is 1. The van der Waals surface area contributed by atoms with Crippen molar-refractivity contribution in [3.63, 3.8) is 0 Å². The monoisotopic (exact) mass is 502 g/mol. The number of benzene rings is 1. The van der Waals surface area contributed by atoms with Crippen LogP contribution in [0.4, 0.5) is 8.78 Å². The van der Waals surface area contributed by atoms with Crippen LogP contribution in [0, 0.1) is 13.8 Å². The van der Waals surface area contributed by atoms with Gasteiger partial charge in [0.2, 0.25) is 5.91 Å². The Labute approximate surface area is 198 Å². The summed E-state index contributed by atoms with van der Waals surface area (Å²) >= 11 is 0. The molecule has 0 bridgehead atoms. The first kappa shape index (κ1) is 26.5. The molecule has 1 aromatic rings. The molecule has 0 aromatic heterocycles. The van der Waals surface area contributed by atoms with Crippen LogP contribution in [0.1, 0.15) is 52.7 Å². The summed E-state index contributed by atoms with van der Waals surface area (Å²) in [5.41, 5.74) is 11.0. The van der Waals surface area contributed by atoms with Crippen LogP contribution in [0.5, 0.6) is 0 Å². The normalized spacial score (nSPS) is 20.4. The zero-order valence-corrected chi connectivity index (χ0v) is 20.2. The zero-order valence-electron chi connectivity index (χ0n) is 19.4. The van der Waals surface area contributed by atoms with Gasteiger partial charge in [0.15, 0.2) is 0 Å². The van der Waals surface area contributed by atoms with Gasteiger partial charge in [-0.25, -0.2) is 8.42 Å². The SMILES string of the molecule is Cc1cc(C(=O)N2CCC(O)CC2)cc(C)c1CC(F)(F)S(=O)(=O)N1CCC(N)(C(N)=O)CC1. The number of carbonyl (C=O) groups excluding carboxylic acids is 2. The van der Waals surface area contributed by atoms with Gasteiger partial charge in [-0.1, -0.05) is 0 Å². The highest BCUT2D eigenvalue weighted by Crippen LogP contribution is 2.35. The van der Waals surface area contributed by atoms with E-state index >= 15 is 8.78 Å². The second kappa shape index (κ2) is 9.48. The fraction of sp³-hybridized carbons (Fsp3) is 0.636. The largest absolute Gasteiger partial charge is 0.393 e. The summed E-state index contributed by atoms with van der Waals surface area (Å²) in [6, 6.07) is 2.99. The topological polar surface area (TPSA) is 147 Å². The van der Waals surface area contributed by atoms with E-state index in [0.29, 0.717) is 46.9 Å². The lowest BCUT2D eigenvalue weighted by atomic mass is 9.89. The number of piperidine rings is 2. The highest BCUT2D eigenvalue weighted by atomic mass is 32.2. The number of amides is 2. The number of hydrogen-bond donors (Lipinski definition) is 3. The number of halogens is 2. The number of nitrogens with two attached hydrogens (primary N) is 2. The van der Waals surface area contributed by atoms with Crippen LogP contribution in [0.15, 0.2) is 12.1 Å². The van der Waals surface area contributed by atoms with Gasteiger partial charge in [0.1, 0.15) is 0 Å². The molecule has 9 nitrogen and oxygen atoms in total. The fourth-order valence-corrected chi connectivity index (χ4v) is 5.87. The first-order chi connectivity index (χ1) is 15.7. The molecular formula is C22H32F2N4O5S. The van der Waals surface area contributed by atoms with Gasteiger partial charge < -0.3 is 21.5 Å². The lowest BCUT2D eigenvalue weighted by Gasteiger charge is -2.37. The van der Waals surface area contributed by atoms with Crippen molar-refractivity contribution in [3.8, 4) is 0 Å². The fourth-order valence-electron chi connectivity index (χ4n) is 4.51. The quantitative estimate of drug-likeness (QED) is 0.520. The van der Waals surface area contributed by atoms with Crippen molar-refractivity contribution >= 4 is 21.8 Å². The molecule has 2 saturated heterocycles. The van der Waals surface area contributed by atoms with Crippen molar-refractivity contribution in [3.05, 3.63) is 34.4 Å². The average molecular weight is 503 g/mol. The Balaban J connectivity index is 1.77. The average Bonchev–Trinajstić information content (AvgIpc) is 2.76.